The molecule has 0 bridgehead atoms. The summed E-state index contributed by atoms with van der Waals surface area (Å²) in [5.74, 6) is 0.526. The maximum absolute atomic E-state index is 11.7. The van der Waals surface area contributed by atoms with Crippen LogP contribution in [0.5, 0.6) is 0 Å². The molecule has 2 aliphatic heterocycles. The van der Waals surface area contributed by atoms with Crippen molar-refractivity contribution in [3.05, 3.63) is 5.82 Å². The number of aromatic amines is 1. The molecule has 2 fully saturated rings. The lowest BCUT2D eigenvalue weighted by molar-refractivity contribution is -0.147. The van der Waals surface area contributed by atoms with E-state index in [0.717, 1.165) is 0 Å². The quantitative estimate of drug-likeness (QED) is 0.627. The summed E-state index contributed by atoms with van der Waals surface area (Å²) >= 11 is 1.69. The molecule has 3 atom stereocenters. The van der Waals surface area contributed by atoms with Crippen LogP contribution < -0.4 is 5.73 Å². The lowest BCUT2D eigenvalue weighted by Crippen LogP contribution is -2.65. The van der Waals surface area contributed by atoms with E-state index in [-0.39, 0.29) is 28.1 Å². The van der Waals surface area contributed by atoms with Gasteiger partial charge >= 0.3 is 0 Å². The van der Waals surface area contributed by atoms with Gasteiger partial charge in [0, 0.05) is 4.75 Å². The number of rotatable bonds is 1. The fourth-order valence-electron chi connectivity index (χ4n) is 2.35. The molecule has 0 saturated carbocycles. The van der Waals surface area contributed by atoms with Crippen LogP contribution in [0, 0.1) is 0 Å². The van der Waals surface area contributed by atoms with Crippen LogP contribution in [0.2, 0.25) is 0 Å². The van der Waals surface area contributed by atoms with Crippen molar-refractivity contribution >= 4 is 17.7 Å². The molecule has 0 spiro atoms. The van der Waals surface area contributed by atoms with Crippen molar-refractivity contribution in [2.75, 3.05) is 0 Å². The molecule has 3 rings (SSSR count). The molecule has 1 aromatic rings. The minimum Gasteiger partial charge on any atom is -0.317 e. The van der Waals surface area contributed by atoms with E-state index in [1.807, 2.05) is 0 Å². The summed E-state index contributed by atoms with van der Waals surface area (Å²) in [5.41, 5.74) is 5.77. The second kappa shape index (κ2) is 2.95. The standard InChI is InChI=1S/C8H12N6OS/c1-8(2)4(5-10-12-13-11-5)14-6(15)3(9)7(14)16-8/h3-4,7H,9H2,1-2H3,(H,10,11,12,13). The van der Waals surface area contributed by atoms with Crippen LogP contribution in [-0.4, -0.2) is 47.6 Å². The molecule has 16 heavy (non-hydrogen) atoms. The van der Waals surface area contributed by atoms with E-state index in [2.05, 4.69) is 34.5 Å². The van der Waals surface area contributed by atoms with Gasteiger partial charge in [-0.1, -0.05) is 5.21 Å². The first kappa shape index (κ1) is 10.0. The first-order valence-electron chi connectivity index (χ1n) is 5.01. The second-order valence-electron chi connectivity index (χ2n) is 4.56. The first-order valence-corrected chi connectivity index (χ1v) is 5.89. The molecule has 86 valence electrons. The molecular weight excluding hydrogens is 228 g/mol. The third-order valence-corrected chi connectivity index (χ3v) is 4.68. The van der Waals surface area contributed by atoms with Crippen LogP contribution in [-0.2, 0) is 4.79 Å². The van der Waals surface area contributed by atoms with Gasteiger partial charge in [0.2, 0.25) is 5.91 Å². The molecule has 0 aliphatic carbocycles. The number of carbonyl (C=O) groups excluding carboxylic acids is 1. The number of hydrogen-bond acceptors (Lipinski definition) is 6. The normalized spacial score (nSPS) is 36.1. The van der Waals surface area contributed by atoms with E-state index in [1.165, 1.54) is 0 Å². The molecule has 0 aromatic carbocycles. The summed E-state index contributed by atoms with van der Waals surface area (Å²) in [7, 11) is 0. The van der Waals surface area contributed by atoms with Gasteiger partial charge in [0.15, 0.2) is 5.82 Å². The largest absolute Gasteiger partial charge is 0.317 e. The van der Waals surface area contributed by atoms with Crippen LogP contribution in [0.15, 0.2) is 0 Å². The van der Waals surface area contributed by atoms with Crippen molar-refractivity contribution in [3.63, 3.8) is 0 Å². The van der Waals surface area contributed by atoms with Gasteiger partial charge in [-0.15, -0.1) is 22.0 Å². The van der Waals surface area contributed by atoms with E-state index in [9.17, 15) is 4.79 Å². The predicted molar refractivity (Wildman–Crippen MR) is 57.2 cm³/mol. The number of carbonyl (C=O) groups is 1. The molecule has 8 heteroatoms. The number of nitrogens with two attached hydrogens (primary N) is 1. The van der Waals surface area contributed by atoms with Crippen LogP contribution in [0.3, 0.4) is 0 Å². The van der Waals surface area contributed by atoms with Crippen molar-refractivity contribution in [1.82, 2.24) is 25.5 Å². The minimum atomic E-state index is -0.388. The summed E-state index contributed by atoms with van der Waals surface area (Å²) in [6, 6.07) is -0.533. The SMILES string of the molecule is CC1(C)SC2C(N)C(=O)N2C1c1nn[nH]n1. The molecule has 2 aliphatic rings. The summed E-state index contributed by atoms with van der Waals surface area (Å²) in [5, 5.41) is 14.0. The van der Waals surface area contributed by atoms with Gasteiger partial charge in [-0.2, -0.15) is 5.21 Å². The third-order valence-electron chi connectivity index (χ3n) is 3.09. The lowest BCUT2D eigenvalue weighted by Gasteiger charge is -2.41. The number of aromatic nitrogens is 4. The van der Waals surface area contributed by atoms with Crippen LogP contribution >= 0.6 is 11.8 Å². The smallest absolute Gasteiger partial charge is 0.244 e. The van der Waals surface area contributed by atoms with Crippen molar-refractivity contribution in [2.24, 2.45) is 5.73 Å². The van der Waals surface area contributed by atoms with Crippen molar-refractivity contribution in [2.45, 2.75) is 36.1 Å². The number of hydrogen-bond donors (Lipinski definition) is 2. The molecular formula is C8H12N6OS. The highest BCUT2D eigenvalue weighted by Crippen LogP contribution is 2.56. The van der Waals surface area contributed by atoms with Gasteiger partial charge < -0.3 is 10.6 Å². The van der Waals surface area contributed by atoms with E-state index in [0.29, 0.717) is 5.82 Å². The first-order chi connectivity index (χ1) is 7.52. The molecule has 7 nitrogen and oxygen atoms in total. The highest BCUT2D eigenvalue weighted by atomic mass is 32.2. The molecule has 1 aromatic heterocycles. The van der Waals surface area contributed by atoms with Crippen molar-refractivity contribution in [1.29, 1.82) is 0 Å². The van der Waals surface area contributed by atoms with Gasteiger partial charge in [0.25, 0.3) is 0 Å². The monoisotopic (exact) mass is 240 g/mol. The topological polar surface area (TPSA) is 101 Å². The zero-order chi connectivity index (χ0) is 11.5. The molecule has 0 radical (unpaired) electrons. The Bertz CT molecular complexity index is 432. The number of nitrogens with one attached hydrogen (secondary N) is 1. The maximum Gasteiger partial charge on any atom is 0.244 e. The van der Waals surface area contributed by atoms with Gasteiger partial charge in [-0.05, 0) is 13.8 Å². The Hall–Kier alpha value is -1.15. The summed E-state index contributed by atoms with van der Waals surface area (Å²) < 4.78 is -0.141. The predicted octanol–water partition coefficient (Wildman–Crippen LogP) is -0.738. The zero-order valence-corrected chi connectivity index (χ0v) is 9.73. The van der Waals surface area contributed by atoms with Gasteiger partial charge in [0.05, 0.1) is 0 Å². The Morgan fingerprint density at radius 3 is 2.94 bits per heavy atom. The number of β-lactam (4-membered cyclic amide) rings is 1. The zero-order valence-electron chi connectivity index (χ0n) is 8.91. The number of tetrazole rings is 1. The Morgan fingerprint density at radius 2 is 2.31 bits per heavy atom. The summed E-state index contributed by atoms with van der Waals surface area (Å²) in [6.07, 6.45) is 0. The molecule has 1 amide bonds. The van der Waals surface area contributed by atoms with E-state index in [4.69, 9.17) is 5.73 Å². The van der Waals surface area contributed by atoms with Crippen molar-refractivity contribution in [3.8, 4) is 0 Å². The fraction of sp³-hybridized carbons (Fsp3) is 0.750. The van der Waals surface area contributed by atoms with Crippen molar-refractivity contribution < 1.29 is 4.79 Å². The lowest BCUT2D eigenvalue weighted by atomic mass is 9.96. The Morgan fingerprint density at radius 1 is 1.56 bits per heavy atom. The number of H-pyrrole nitrogens is 1. The highest BCUT2D eigenvalue weighted by Gasteiger charge is 2.61. The van der Waals surface area contributed by atoms with Crippen LogP contribution in [0.25, 0.3) is 0 Å². The Labute approximate surface area is 96.1 Å². The summed E-state index contributed by atoms with van der Waals surface area (Å²) in [4.78, 5) is 13.5. The summed E-state index contributed by atoms with van der Waals surface area (Å²) in [6.45, 7) is 4.13. The molecule has 3 unspecified atom stereocenters. The van der Waals surface area contributed by atoms with E-state index >= 15 is 0 Å². The second-order valence-corrected chi connectivity index (χ2v) is 6.33. The Kier molecular flexibility index (Phi) is 1.85. The number of amides is 1. The fourth-order valence-corrected chi connectivity index (χ4v) is 3.92. The van der Waals surface area contributed by atoms with Gasteiger partial charge in [-0.25, -0.2) is 0 Å². The number of fused-ring (bicyclic) bond motifs is 1. The van der Waals surface area contributed by atoms with Crippen LogP contribution in [0.4, 0.5) is 0 Å². The Balaban J connectivity index is 2.00. The van der Waals surface area contributed by atoms with Crippen LogP contribution in [0.1, 0.15) is 25.7 Å². The molecule has 3 N–H and O–H groups in total. The third kappa shape index (κ3) is 1.08. The van der Waals surface area contributed by atoms with E-state index < -0.39 is 0 Å². The maximum atomic E-state index is 11.7. The van der Waals surface area contributed by atoms with Gasteiger partial charge in [0.1, 0.15) is 17.5 Å². The average molecular weight is 240 g/mol. The number of nitrogens with zero attached hydrogens (tertiary/aromatic N) is 4. The van der Waals surface area contributed by atoms with Gasteiger partial charge in [-0.3, -0.25) is 4.79 Å². The number of thioether (sulfide) groups is 1. The minimum absolute atomic E-state index is 0.0297. The van der Waals surface area contributed by atoms with E-state index in [1.54, 1.807) is 16.7 Å². The molecule has 3 heterocycles. The highest BCUT2D eigenvalue weighted by molar-refractivity contribution is 8.01. The molecule has 2 saturated heterocycles. The average Bonchev–Trinajstić information content (AvgIpc) is 2.81.